The largest absolute Gasteiger partial charge is 0.462 e. The van der Waals surface area contributed by atoms with E-state index in [4.69, 9.17) is 4.74 Å². The predicted molar refractivity (Wildman–Crippen MR) is 93.6 cm³/mol. The van der Waals surface area contributed by atoms with Crippen LogP contribution in [-0.2, 0) is 4.74 Å². The van der Waals surface area contributed by atoms with Gasteiger partial charge in [-0.2, -0.15) is 0 Å². The van der Waals surface area contributed by atoms with Crippen LogP contribution in [0.3, 0.4) is 0 Å². The van der Waals surface area contributed by atoms with Gasteiger partial charge in [0.25, 0.3) is 0 Å². The van der Waals surface area contributed by atoms with E-state index < -0.39 is 5.97 Å². The number of carbonyl (C=O) groups excluding carboxylic acids is 1. The molecule has 1 aliphatic heterocycles. The van der Waals surface area contributed by atoms with Crippen LogP contribution >= 0.6 is 0 Å². The summed E-state index contributed by atoms with van der Waals surface area (Å²) in [7, 11) is 0. The number of piperazine rings is 1. The number of rotatable bonds is 4. The molecule has 1 aliphatic rings. The van der Waals surface area contributed by atoms with Gasteiger partial charge < -0.3 is 14.5 Å². The van der Waals surface area contributed by atoms with Crippen LogP contribution in [0.5, 0.6) is 0 Å². The van der Waals surface area contributed by atoms with E-state index in [1.54, 1.807) is 26.0 Å². The maximum Gasteiger partial charge on any atom is 0.341 e. The van der Waals surface area contributed by atoms with E-state index in [1.165, 1.54) is 18.3 Å². The third-order valence-corrected chi connectivity index (χ3v) is 4.22. The first-order valence-electron chi connectivity index (χ1n) is 8.34. The fourth-order valence-corrected chi connectivity index (χ4v) is 2.83. The summed E-state index contributed by atoms with van der Waals surface area (Å²) in [5.74, 6) is -0.00932. The Bertz CT molecular complexity index is 743. The lowest BCUT2D eigenvalue weighted by Crippen LogP contribution is -2.47. The van der Waals surface area contributed by atoms with Gasteiger partial charge in [-0.25, -0.2) is 19.2 Å². The number of halogens is 1. The molecule has 0 bridgehead atoms. The van der Waals surface area contributed by atoms with Gasteiger partial charge in [-0.15, -0.1) is 0 Å². The zero-order valence-electron chi connectivity index (χ0n) is 14.4. The van der Waals surface area contributed by atoms with Crippen molar-refractivity contribution in [3.05, 3.63) is 47.5 Å². The molecule has 0 aliphatic carbocycles. The Kier molecular flexibility index (Phi) is 5.11. The number of benzene rings is 1. The SMILES string of the molecule is CCOC(=O)c1cnc(N2CCN(c3ccc(F)cc3)CC2)nc1C. The number of hydrogen-bond donors (Lipinski definition) is 0. The number of hydrogen-bond acceptors (Lipinski definition) is 6. The third kappa shape index (κ3) is 3.87. The first-order chi connectivity index (χ1) is 12.1. The second-order valence-electron chi connectivity index (χ2n) is 5.84. The van der Waals surface area contributed by atoms with Crippen LogP contribution in [-0.4, -0.2) is 48.7 Å². The number of nitrogens with zero attached hydrogens (tertiary/aromatic N) is 4. The van der Waals surface area contributed by atoms with Gasteiger partial charge in [0.05, 0.1) is 17.9 Å². The second-order valence-corrected chi connectivity index (χ2v) is 5.84. The molecule has 2 aromatic rings. The second kappa shape index (κ2) is 7.46. The molecule has 1 saturated heterocycles. The van der Waals surface area contributed by atoms with Crippen molar-refractivity contribution in [2.24, 2.45) is 0 Å². The van der Waals surface area contributed by atoms with Crippen molar-refractivity contribution >= 4 is 17.6 Å². The first-order valence-corrected chi connectivity index (χ1v) is 8.34. The van der Waals surface area contributed by atoms with Crippen molar-refractivity contribution < 1.29 is 13.9 Å². The van der Waals surface area contributed by atoms with Gasteiger partial charge in [-0.1, -0.05) is 0 Å². The van der Waals surface area contributed by atoms with Crippen LogP contribution in [0.15, 0.2) is 30.5 Å². The minimum atomic E-state index is -0.396. The molecule has 0 saturated carbocycles. The van der Waals surface area contributed by atoms with E-state index in [0.29, 0.717) is 23.8 Å². The molecule has 0 N–H and O–H groups in total. The quantitative estimate of drug-likeness (QED) is 0.794. The molecular formula is C18H21FN4O2. The maximum atomic E-state index is 13.0. The van der Waals surface area contributed by atoms with E-state index in [1.807, 2.05) is 0 Å². The molecule has 0 unspecified atom stereocenters. The van der Waals surface area contributed by atoms with E-state index in [-0.39, 0.29) is 5.82 Å². The average Bonchev–Trinajstić information content (AvgIpc) is 2.62. The van der Waals surface area contributed by atoms with Gasteiger partial charge in [0.15, 0.2) is 0 Å². The Morgan fingerprint density at radius 1 is 1.16 bits per heavy atom. The summed E-state index contributed by atoms with van der Waals surface area (Å²) < 4.78 is 18.0. The number of anilines is 2. The molecule has 0 spiro atoms. The van der Waals surface area contributed by atoms with Crippen LogP contribution < -0.4 is 9.80 Å². The van der Waals surface area contributed by atoms with E-state index in [9.17, 15) is 9.18 Å². The minimum Gasteiger partial charge on any atom is -0.462 e. The van der Waals surface area contributed by atoms with E-state index in [0.717, 1.165) is 31.9 Å². The molecule has 0 atom stereocenters. The summed E-state index contributed by atoms with van der Waals surface area (Å²) in [5.41, 5.74) is 2.02. The van der Waals surface area contributed by atoms with Crippen LogP contribution in [0.1, 0.15) is 23.0 Å². The van der Waals surface area contributed by atoms with Gasteiger partial charge in [-0.3, -0.25) is 0 Å². The third-order valence-electron chi connectivity index (χ3n) is 4.22. The zero-order valence-corrected chi connectivity index (χ0v) is 14.4. The molecule has 1 fully saturated rings. The number of ether oxygens (including phenoxy) is 1. The van der Waals surface area contributed by atoms with Crippen LogP contribution in [0, 0.1) is 12.7 Å². The lowest BCUT2D eigenvalue weighted by Gasteiger charge is -2.36. The summed E-state index contributed by atoms with van der Waals surface area (Å²) >= 11 is 0. The minimum absolute atomic E-state index is 0.229. The molecule has 7 heteroatoms. The standard InChI is InChI=1S/C18H21FN4O2/c1-3-25-17(24)16-12-20-18(21-13(16)2)23-10-8-22(9-11-23)15-6-4-14(19)5-7-15/h4-7,12H,3,8-11H2,1-2H3. The molecule has 0 amide bonds. The van der Waals surface area contributed by atoms with Crippen molar-refractivity contribution in [2.45, 2.75) is 13.8 Å². The summed E-state index contributed by atoms with van der Waals surface area (Å²) in [4.78, 5) is 24.9. The molecule has 25 heavy (non-hydrogen) atoms. The van der Waals surface area contributed by atoms with Crippen molar-refractivity contribution in [1.82, 2.24) is 9.97 Å². The highest BCUT2D eigenvalue weighted by Crippen LogP contribution is 2.19. The number of esters is 1. The lowest BCUT2D eigenvalue weighted by atomic mass is 10.2. The molecule has 3 rings (SSSR count). The molecular weight excluding hydrogens is 323 g/mol. The molecule has 1 aromatic heterocycles. The smallest absolute Gasteiger partial charge is 0.341 e. The zero-order chi connectivity index (χ0) is 17.8. The summed E-state index contributed by atoms with van der Waals surface area (Å²) in [6.45, 7) is 6.99. The Morgan fingerprint density at radius 2 is 1.80 bits per heavy atom. The van der Waals surface area contributed by atoms with Crippen LogP contribution in [0.4, 0.5) is 16.0 Å². The van der Waals surface area contributed by atoms with Crippen LogP contribution in [0.25, 0.3) is 0 Å². The Balaban J connectivity index is 1.65. The predicted octanol–water partition coefficient (Wildman–Crippen LogP) is 2.43. The highest BCUT2D eigenvalue weighted by molar-refractivity contribution is 5.90. The molecule has 1 aromatic carbocycles. The van der Waals surface area contributed by atoms with Gasteiger partial charge in [0.2, 0.25) is 5.95 Å². The van der Waals surface area contributed by atoms with Gasteiger partial charge in [0, 0.05) is 38.1 Å². The van der Waals surface area contributed by atoms with Gasteiger partial charge in [0.1, 0.15) is 5.82 Å². The lowest BCUT2D eigenvalue weighted by molar-refractivity contribution is 0.0524. The number of carbonyl (C=O) groups is 1. The Labute approximate surface area is 146 Å². The van der Waals surface area contributed by atoms with E-state index in [2.05, 4.69) is 19.8 Å². The maximum absolute atomic E-state index is 13.0. The molecule has 2 heterocycles. The highest BCUT2D eigenvalue weighted by atomic mass is 19.1. The number of aryl methyl sites for hydroxylation is 1. The molecule has 6 nitrogen and oxygen atoms in total. The molecule has 0 radical (unpaired) electrons. The van der Waals surface area contributed by atoms with Crippen molar-refractivity contribution in [1.29, 1.82) is 0 Å². The average molecular weight is 344 g/mol. The first kappa shape index (κ1) is 17.1. The fraction of sp³-hybridized carbons (Fsp3) is 0.389. The highest BCUT2D eigenvalue weighted by Gasteiger charge is 2.21. The van der Waals surface area contributed by atoms with Crippen molar-refractivity contribution in [3.8, 4) is 0 Å². The summed E-state index contributed by atoms with van der Waals surface area (Å²) in [6, 6.07) is 6.53. The Morgan fingerprint density at radius 3 is 2.40 bits per heavy atom. The summed E-state index contributed by atoms with van der Waals surface area (Å²) in [6.07, 6.45) is 1.53. The van der Waals surface area contributed by atoms with E-state index >= 15 is 0 Å². The van der Waals surface area contributed by atoms with Gasteiger partial charge in [-0.05, 0) is 38.1 Å². The normalized spacial score (nSPS) is 14.5. The topological polar surface area (TPSA) is 58.6 Å². The Hall–Kier alpha value is -2.70. The van der Waals surface area contributed by atoms with Crippen LogP contribution in [0.2, 0.25) is 0 Å². The van der Waals surface area contributed by atoms with Crippen molar-refractivity contribution in [2.75, 3.05) is 42.6 Å². The monoisotopic (exact) mass is 344 g/mol. The van der Waals surface area contributed by atoms with Crippen molar-refractivity contribution in [3.63, 3.8) is 0 Å². The summed E-state index contributed by atoms with van der Waals surface area (Å²) in [5, 5.41) is 0. The number of aromatic nitrogens is 2. The molecule has 132 valence electrons. The van der Waals surface area contributed by atoms with Gasteiger partial charge >= 0.3 is 5.97 Å². The fourth-order valence-electron chi connectivity index (χ4n) is 2.83.